The predicted molar refractivity (Wildman–Crippen MR) is 74.7 cm³/mol. The summed E-state index contributed by atoms with van der Waals surface area (Å²) in [6.45, 7) is 4.56. The first-order valence-corrected chi connectivity index (χ1v) is 7.37. The molecule has 0 amide bonds. The standard InChI is InChI=1S/C13H18Br2/c1-3-13(4-2,10-14)9-11-6-5-7-12(15)8-11/h5-8H,3-4,9-10H2,1-2H3. The van der Waals surface area contributed by atoms with Crippen LogP contribution in [0.1, 0.15) is 32.3 Å². The Kier molecular flexibility index (Phi) is 5.34. The molecule has 0 atom stereocenters. The van der Waals surface area contributed by atoms with Gasteiger partial charge in [0.1, 0.15) is 0 Å². The summed E-state index contributed by atoms with van der Waals surface area (Å²) >= 11 is 7.18. The van der Waals surface area contributed by atoms with Crippen molar-refractivity contribution in [2.75, 3.05) is 5.33 Å². The van der Waals surface area contributed by atoms with Crippen LogP contribution >= 0.6 is 31.9 Å². The highest BCUT2D eigenvalue weighted by molar-refractivity contribution is 9.10. The van der Waals surface area contributed by atoms with E-state index in [2.05, 4.69) is 70.0 Å². The molecule has 0 N–H and O–H groups in total. The SMILES string of the molecule is CCC(CC)(CBr)Cc1cccc(Br)c1. The fraction of sp³-hybridized carbons (Fsp3) is 0.538. The van der Waals surface area contributed by atoms with Gasteiger partial charge in [-0.05, 0) is 42.4 Å². The average Bonchev–Trinajstić information content (AvgIpc) is 2.26. The van der Waals surface area contributed by atoms with Gasteiger partial charge in [-0.2, -0.15) is 0 Å². The van der Waals surface area contributed by atoms with Gasteiger partial charge < -0.3 is 0 Å². The molecule has 0 bridgehead atoms. The van der Waals surface area contributed by atoms with Crippen LogP contribution in [0.5, 0.6) is 0 Å². The zero-order valence-electron chi connectivity index (χ0n) is 9.39. The fourth-order valence-corrected chi connectivity index (χ4v) is 3.25. The third-order valence-corrected chi connectivity index (χ3v) is 4.93. The maximum atomic E-state index is 3.66. The van der Waals surface area contributed by atoms with Gasteiger partial charge in [-0.3, -0.25) is 0 Å². The first-order chi connectivity index (χ1) is 7.15. The highest BCUT2D eigenvalue weighted by Gasteiger charge is 2.24. The lowest BCUT2D eigenvalue weighted by Gasteiger charge is -2.29. The highest BCUT2D eigenvalue weighted by Crippen LogP contribution is 2.33. The first kappa shape index (κ1) is 13.2. The van der Waals surface area contributed by atoms with Crippen molar-refractivity contribution >= 4 is 31.9 Å². The molecule has 0 aliphatic heterocycles. The third kappa shape index (κ3) is 3.60. The van der Waals surface area contributed by atoms with Crippen molar-refractivity contribution in [1.82, 2.24) is 0 Å². The number of halogens is 2. The fourth-order valence-electron chi connectivity index (χ4n) is 1.82. The molecule has 0 spiro atoms. The molecule has 0 aliphatic carbocycles. The molecule has 84 valence electrons. The molecule has 0 saturated carbocycles. The van der Waals surface area contributed by atoms with Gasteiger partial charge in [0.15, 0.2) is 0 Å². The Balaban J connectivity index is 2.82. The van der Waals surface area contributed by atoms with Gasteiger partial charge in [0.25, 0.3) is 0 Å². The van der Waals surface area contributed by atoms with E-state index in [1.54, 1.807) is 0 Å². The maximum absolute atomic E-state index is 3.66. The second-order valence-electron chi connectivity index (χ2n) is 4.15. The minimum atomic E-state index is 0.417. The van der Waals surface area contributed by atoms with Crippen LogP contribution in [0.25, 0.3) is 0 Å². The lowest BCUT2D eigenvalue weighted by atomic mass is 9.79. The van der Waals surface area contributed by atoms with E-state index in [-0.39, 0.29) is 0 Å². The van der Waals surface area contributed by atoms with Crippen LogP contribution in [0.4, 0.5) is 0 Å². The number of hydrogen-bond donors (Lipinski definition) is 0. The van der Waals surface area contributed by atoms with E-state index < -0.39 is 0 Å². The van der Waals surface area contributed by atoms with Gasteiger partial charge in [-0.15, -0.1) is 0 Å². The summed E-state index contributed by atoms with van der Waals surface area (Å²) in [4.78, 5) is 0. The predicted octanol–water partition coefficient (Wildman–Crippen LogP) is 5.19. The Morgan fingerprint density at radius 1 is 1.20 bits per heavy atom. The molecule has 1 aromatic carbocycles. The minimum absolute atomic E-state index is 0.417. The van der Waals surface area contributed by atoms with Gasteiger partial charge in [-0.1, -0.05) is 57.8 Å². The Bertz CT molecular complexity index is 295. The number of alkyl halides is 1. The Morgan fingerprint density at radius 2 is 1.87 bits per heavy atom. The summed E-state index contributed by atoms with van der Waals surface area (Å²) in [7, 11) is 0. The van der Waals surface area contributed by atoms with Crippen molar-refractivity contribution in [3.05, 3.63) is 34.3 Å². The van der Waals surface area contributed by atoms with Crippen molar-refractivity contribution < 1.29 is 0 Å². The molecule has 2 heteroatoms. The van der Waals surface area contributed by atoms with E-state index in [0.29, 0.717) is 5.41 Å². The Labute approximate surface area is 110 Å². The quantitative estimate of drug-likeness (QED) is 0.650. The average molecular weight is 334 g/mol. The summed E-state index contributed by atoms with van der Waals surface area (Å²) in [5.74, 6) is 0. The van der Waals surface area contributed by atoms with Crippen LogP contribution < -0.4 is 0 Å². The Morgan fingerprint density at radius 3 is 2.33 bits per heavy atom. The van der Waals surface area contributed by atoms with Crippen LogP contribution in [-0.4, -0.2) is 5.33 Å². The van der Waals surface area contributed by atoms with E-state index in [1.807, 2.05) is 0 Å². The maximum Gasteiger partial charge on any atom is 0.0177 e. The molecule has 0 aliphatic rings. The van der Waals surface area contributed by atoms with Crippen molar-refractivity contribution in [3.63, 3.8) is 0 Å². The summed E-state index contributed by atoms with van der Waals surface area (Å²) in [6.07, 6.45) is 3.60. The van der Waals surface area contributed by atoms with Gasteiger partial charge in [0.2, 0.25) is 0 Å². The van der Waals surface area contributed by atoms with Crippen molar-refractivity contribution in [2.24, 2.45) is 5.41 Å². The summed E-state index contributed by atoms with van der Waals surface area (Å²) in [5.41, 5.74) is 1.84. The normalized spacial score (nSPS) is 11.7. The van der Waals surface area contributed by atoms with Crippen LogP contribution in [0.3, 0.4) is 0 Å². The number of hydrogen-bond acceptors (Lipinski definition) is 0. The molecular formula is C13H18Br2. The van der Waals surface area contributed by atoms with Gasteiger partial charge in [-0.25, -0.2) is 0 Å². The van der Waals surface area contributed by atoms with E-state index in [9.17, 15) is 0 Å². The molecule has 0 radical (unpaired) electrons. The molecule has 0 heterocycles. The molecular weight excluding hydrogens is 316 g/mol. The summed E-state index contributed by atoms with van der Waals surface area (Å²) in [6, 6.07) is 8.64. The second kappa shape index (κ2) is 6.05. The first-order valence-electron chi connectivity index (χ1n) is 5.46. The smallest absolute Gasteiger partial charge is 0.0177 e. The largest absolute Gasteiger partial charge is 0.0922 e. The lowest BCUT2D eigenvalue weighted by molar-refractivity contribution is 0.307. The van der Waals surface area contributed by atoms with Crippen LogP contribution in [0.2, 0.25) is 0 Å². The lowest BCUT2D eigenvalue weighted by Crippen LogP contribution is -2.23. The molecule has 15 heavy (non-hydrogen) atoms. The highest BCUT2D eigenvalue weighted by atomic mass is 79.9. The van der Waals surface area contributed by atoms with E-state index in [4.69, 9.17) is 0 Å². The zero-order valence-corrected chi connectivity index (χ0v) is 12.6. The van der Waals surface area contributed by atoms with Crippen molar-refractivity contribution in [3.8, 4) is 0 Å². The van der Waals surface area contributed by atoms with Gasteiger partial charge in [0, 0.05) is 9.80 Å². The Hall–Kier alpha value is 0.180. The topological polar surface area (TPSA) is 0 Å². The van der Waals surface area contributed by atoms with Gasteiger partial charge in [0.05, 0.1) is 0 Å². The van der Waals surface area contributed by atoms with E-state index >= 15 is 0 Å². The molecule has 0 nitrogen and oxygen atoms in total. The summed E-state index contributed by atoms with van der Waals surface area (Å²) in [5, 5.41) is 1.08. The van der Waals surface area contributed by atoms with Crippen molar-refractivity contribution in [1.29, 1.82) is 0 Å². The molecule has 0 aromatic heterocycles. The van der Waals surface area contributed by atoms with Crippen molar-refractivity contribution in [2.45, 2.75) is 33.1 Å². The molecule has 1 aromatic rings. The number of rotatable bonds is 5. The number of benzene rings is 1. The zero-order chi connectivity index (χ0) is 11.3. The van der Waals surface area contributed by atoms with Crippen LogP contribution in [0.15, 0.2) is 28.7 Å². The minimum Gasteiger partial charge on any atom is -0.0922 e. The molecule has 0 fully saturated rings. The summed E-state index contributed by atoms with van der Waals surface area (Å²) < 4.78 is 1.18. The molecule has 0 saturated heterocycles. The van der Waals surface area contributed by atoms with Gasteiger partial charge >= 0.3 is 0 Å². The molecule has 1 rings (SSSR count). The molecule has 0 unspecified atom stereocenters. The van der Waals surface area contributed by atoms with Crippen LogP contribution in [0, 0.1) is 5.41 Å². The van der Waals surface area contributed by atoms with E-state index in [0.717, 1.165) is 11.8 Å². The monoisotopic (exact) mass is 332 g/mol. The second-order valence-corrected chi connectivity index (χ2v) is 5.62. The van der Waals surface area contributed by atoms with Crippen LogP contribution in [-0.2, 0) is 6.42 Å². The third-order valence-electron chi connectivity index (χ3n) is 3.25. The van der Waals surface area contributed by atoms with E-state index in [1.165, 1.54) is 22.9 Å².